The lowest BCUT2D eigenvalue weighted by Crippen LogP contribution is -2.58. The Balaban J connectivity index is 1.07. The number of rotatable bonds is 9. The molecule has 1 unspecified atom stereocenters. The zero-order valence-electron chi connectivity index (χ0n) is 24.0. The Morgan fingerprint density at radius 3 is 2.35 bits per heavy atom. The van der Waals surface area contributed by atoms with Crippen LogP contribution in [0.25, 0.3) is 21.9 Å². The molecule has 2 heterocycles. The number of fused-ring (bicyclic) bond motifs is 2. The molecule has 0 aliphatic carbocycles. The molecule has 1 atom stereocenters. The predicted octanol–water partition coefficient (Wildman–Crippen LogP) is 5.76. The number of urea groups is 1. The van der Waals surface area contributed by atoms with E-state index >= 15 is 0 Å². The van der Waals surface area contributed by atoms with E-state index in [-0.39, 0.29) is 17.4 Å². The van der Waals surface area contributed by atoms with Gasteiger partial charge in [0.15, 0.2) is 6.04 Å². The Hall–Kier alpha value is -5.18. The number of hydrogen-bond donors (Lipinski definition) is 2. The molecule has 9 heteroatoms. The summed E-state index contributed by atoms with van der Waals surface area (Å²) in [6, 6.07) is 23.6. The van der Waals surface area contributed by atoms with Gasteiger partial charge in [-0.25, -0.2) is 14.8 Å². The summed E-state index contributed by atoms with van der Waals surface area (Å²) in [7, 11) is 3.07. The van der Waals surface area contributed by atoms with Crippen LogP contribution in [0.3, 0.4) is 0 Å². The summed E-state index contributed by atoms with van der Waals surface area (Å²) in [4.78, 5) is 35.9. The first-order valence-corrected chi connectivity index (χ1v) is 14.2. The van der Waals surface area contributed by atoms with E-state index in [9.17, 15) is 19.8 Å². The molecule has 1 fully saturated rings. The summed E-state index contributed by atoms with van der Waals surface area (Å²) in [5.41, 5.74) is 4.34. The second-order valence-corrected chi connectivity index (χ2v) is 10.8. The number of phenolic OH excluding ortho intramolecular Hbond substituents is 2. The predicted molar refractivity (Wildman–Crippen MR) is 166 cm³/mol. The Morgan fingerprint density at radius 1 is 0.837 bits per heavy atom. The molecular weight excluding hydrogens is 544 g/mol. The molecule has 0 radical (unpaired) electrons. The molecule has 4 aromatic rings. The Morgan fingerprint density at radius 2 is 1.58 bits per heavy atom. The monoisotopic (exact) mass is 576 g/mol. The minimum Gasteiger partial charge on any atom is -0.508 e. The lowest BCUT2D eigenvalue weighted by molar-refractivity contribution is -0.128. The first-order valence-electron chi connectivity index (χ1n) is 14.2. The minimum atomic E-state index is -0.726. The maximum atomic E-state index is 12.4. The fourth-order valence-corrected chi connectivity index (χ4v) is 5.54. The second kappa shape index (κ2) is 11.6. The number of aromatic hydroxyl groups is 2. The summed E-state index contributed by atoms with van der Waals surface area (Å²) in [5, 5.41) is 21.8. The molecule has 6 rings (SSSR count). The van der Waals surface area contributed by atoms with E-state index in [2.05, 4.69) is 28.2 Å². The molecule has 2 aliphatic rings. The molecule has 2 N–H and O–H groups in total. The van der Waals surface area contributed by atoms with Gasteiger partial charge >= 0.3 is 6.03 Å². The molecule has 0 bridgehead atoms. The van der Waals surface area contributed by atoms with Crippen LogP contribution in [-0.4, -0.2) is 70.4 Å². The van der Waals surface area contributed by atoms with Crippen molar-refractivity contribution < 1.29 is 24.5 Å². The molecule has 0 saturated carbocycles. The average molecular weight is 577 g/mol. The van der Waals surface area contributed by atoms with E-state index in [4.69, 9.17) is 4.74 Å². The quantitative estimate of drug-likeness (QED) is 0.246. The molecular formula is C34H32N4O5. The highest BCUT2D eigenvalue weighted by molar-refractivity contribution is 6.25. The van der Waals surface area contributed by atoms with Gasteiger partial charge in [0.1, 0.15) is 28.9 Å². The number of amidine groups is 2. The number of hydrogen-bond acceptors (Lipinski definition) is 7. The Labute approximate surface area is 249 Å². The third-order valence-electron chi connectivity index (χ3n) is 7.91. The molecule has 0 aromatic heterocycles. The topological polar surface area (TPSA) is 115 Å². The summed E-state index contributed by atoms with van der Waals surface area (Å²) >= 11 is 0. The smallest absolute Gasteiger partial charge is 0.331 e. The molecule has 43 heavy (non-hydrogen) atoms. The number of nitrogens with zero attached hydrogens (tertiary/aromatic N) is 4. The van der Waals surface area contributed by atoms with Crippen molar-refractivity contribution in [3.8, 4) is 28.4 Å². The van der Waals surface area contributed by atoms with Gasteiger partial charge in [-0.1, -0.05) is 42.5 Å². The molecule has 1 saturated heterocycles. The van der Waals surface area contributed by atoms with Crippen molar-refractivity contribution in [3.63, 3.8) is 0 Å². The fourth-order valence-electron chi connectivity index (χ4n) is 5.54. The van der Waals surface area contributed by atoms with Gasteiger partial charge in [-0.15, -0.1) is 0 Å². The standard InChI is InChI=1S/C34H32N4O5/c1-37-32-31(33(41)38(2)34(37)42)35-30(36-32)5-3-4-18-43-26-14-6-21(7-15-26)19-29-27(22-8-11-24(39)12-9-22)16-10-23-20-25(40)13-17-28(23)29/h6-17,20,31,39-40H,3-5,18-19H2,1-2H3. The van der Waals surface area contributed by atoms with Crippen LogP contribution < -0.4 is 4.74 Å². The van der Waals surface area contributed by atoms with Crippen LogP contribution >= 0.6 is 0 Å². The van der Waals surface area contributed by atoms with Gasteiger partial charge in [0, 0.05) is 20.5 Å². The van der Waals surface area contributed by atoms with Gasteiger partial charge in [0.2, 0.25) is 0 Å². The van der Waals surface area contributed by atoms with Gasteiger partial charge in [-0.3, -0.25) is 14.6 Å². The number of unbranched alkanes of at least 4 members (excludes halogenated alkanes) is 1. The van der Waals surface area contributed by atoms with Crippen molar-refractivity contribution in [2.75, 3.05) is 20.7 Å². The SMILES string of the molecule is CN1C(=O)C2N=C(CCCCOc3ccc(Cc4c(-c5ccc(O)cc5)ccc5cc(O)ccc45)cc3)N=C2N(C)C1=O. The Kier molecular flexibility index (Phi) is 7.54. The summed E-state index contributed by atoms with van der Waals surface area (Å²) < 4.78 is 5.98. The van der Waals surface area contributed by atoms with Crippen molar-refractivity contribution in [1.29, 1.82) is 0 Å². The molecule has 2 aliphatic heterocycles. The van der Waals surface area contributed by atoms with E-state index in [1.165, 1.54) is 11.9 Å². The molecule has 3 amide bonds. The van der Waals surface area contributed by atoms with Gasteiger partial charge < -0.3 is 14.9 Å². The first-order chi connectivity index (χ1) is 20.8. The van der Waals surface area contributed by atoms with Crippen LogP contribution in [-0.2, 0) is 11.2 Å². The zero-order chi connectivity index (χ0) is 30.1. The van der Waals surface area contributed by atoms with E-state index in [1.54, 1.807) is 31.3 Å². The van der Waals surface area contributed by atoms with Crippen LogP contribution in [0, 0.1) is 0 Å². The number of benzene rings is 4. The summed E-state index contributed by atoms with van der Waals surface area (Å²) in [5.74, 6) is 1.87. The van der Waals surface area contributed by atoms with E-state index in [0.29, 0.717) is 31.1 Å². The largest absolute Gasteiger partial charge is 0.508 e. The van der Waals surface area contributed by atoms with Gasteiger partial charge in [-0.05, 0) is 88.7 Å². The maximum Gasteiger partial charge on any atom is 0.331 e. The van der Waals surface area contributed by atoms with Crippen LogP contribution in [0.4, 0.5) is 4.79 Å². The van der Waals surface area contributed by atoms with Gasteiger partial charge in [-0.2, -0.15) is 0 Å². The average Bonchev–Trinajstić information content (AvgIpc) is 3.44. The first kappa shape index (κ1) is 28.0. The molecule has 4 aromatic carbocycles. The normalized spacial score (nSPS) is 16.4. The summed E-state index contributed by atoms with van der Waals surface area (Å²) in [6.45, 7) is 0.532. The van der Waals surface area contributed by atoms with Crippen LogP contribution in [0.2, 0.25) is 0 Å². The van der Waals surface area contributed by atoms with E-state index in [0.717, 1.165) is 56.5 Å². The minimum absolute atomic E-state index is 0.223. The van der Waals surface area contributed by atoms with Crippen molar-refractivity contribution in [2.45, 2.75) is 31.7 Å². The number of ether oxygens (including phenoxy) is 1. The number of phenols is 2. The highest BCUT2D eigenvalue weighted by Gasteiger charge is 2.43. The molecule has 218 valence electrons. The third kappa shape index (κ3) is 5.66. The van der Waals surface area contributed by atoms with Crippen LogP contribution in [0.15, 0.2) is 88.8 Å². The van der Waals surface area contributed by atoms with E-state index < -0.39 is 12.1 Å². The van der Waals surface area contributed by atoms with Crippen molar-refractivity contribution in [1.82, 2.24) is 9.80 Å². The Bertz CT molecular complexity index is 1760. The number of carbonyl (C=O) groups is 2. The number of amides is 3. The lowest BCUT2D eigenvalue weighted by atomic mass is 9.90. The number of imide groups is 1. The number of aliphatic imine (C=N–C) groups is 2. The lowest BCUT2D eigenvalue weighted by Gasteiger charge is -2.31. The van der Waals surface area contributed by atoms with Crippen LogP contribution in [0.1, 0.15) is 30.4 Å². The van der Waals surface area contributed by atoms with Crippen molar-refractivity contribution >= 4 is 34.4 Å². The van der Waals surface area contributed by atoms with Gasteiger partial charge in [0.25, 0.3) is 5.91 Å². The number of likely N-dealkylation sites (N-methyl/N-ethyl adjacent to an activating group) is 2. The highest BCUT2D eigenvalue weighted by atomic mass is 16.5. The fraction of sp³-hybridized carbons (Fsp3) is 0.235. The second-order valence-electron chi connectivity index (χ2n) is 10.8. The van der Waals surface area contributed by atoms with Crippen molar-refractivity contribution in [3.05, 3.63) is 90.0 Å². The molecule has 0 spiro atoms. The zero-order valence-corrected chi connectivity index (χ0v) is 24.0. The number of carbonyl (C=O) groups excluding carboxylic acids is 2. The highest BCUT2D eigenvalue weighted by Crippen LogP contribution is 2.34. The van der Waals surface area contributed by atoms with Gasteiger partial charge in [0.05, 0.1) is 6.61 Å². The third-order valence-corrected chi connectivity index (χ3v) is 7.91. The van der Waals surface area contributed by atoms with E-state index in [1.807, 2.05) is 36.4 Å². The maximum absolute atomic E-state index is 12.4. The van der Waals surface area contributed by atoms with Crippen LogP contribution in [0.5, 0.6) is 17.2 Å². The van der Waals surface area contributed by atoms with Crippen molar-refractivity contribution in [2.24, 2.45) is 9.98 Å². The summed E-state index contributed by atoms with van der Waals surface area (Å²) in [6.07, 6.45) is 2.87. The molecule has 9 nitrogen and oxygen atoms in total.